The van der Waals surface area contributed by atoms with Gasteiger partial charge in [-0.05, 0) is 24.3 Å². The molecule has 0 saturated carbocycles. The second-order valence-corrected chi connectivity index (χ2v) is 3.65. The Hall–Kier alpha value is -1.75. The van der Waals surface area contributed by atoms with E-state index in [0.717, 1.165) is 5.69 Å². The number of aromatic hydroxyl groups is 1. The van der Waals surface area contributed by atoms with Crippen LogP contribution in [0, 0.1) is 0 Å². The highest BCUT2D eigenvalue weighted by Crippen LogP contribution is 2.17. The maximum absolute atomic E-state index is 10.4. The molecule has 1 aromatic carbocycles. The summed E-state index contributed by atoms with van der Waals surface area (Å²) < 4.78 is 0. The molecule has 88 valence electrons. The summed E-state index contributed by atoms with van der Waals surface area (Å²) in [7, 11) is 1.75. The van der Waals surface area contributed by atoms with Gasteiger partial charge in [-0.15, -0.1) is 0 Å². The summed E-state index contributed by atoms with van der Waals surface area (Å²) in [5, 5.41) is 27.0. The number of aliphatic hydroxyl groups is 1. The van der Waals surface area contributed by atoms with Gasteiger partial charge in [0.05, 0.1) is 12.5 Å². The summed E-state index contributed by atoms with van der Waals surface area (Å²) in [6, 6.07) is 6.47. The second-order valence-electron chi connectivity index (χ2n) is 3.65. The summed E-state index contributed by atoms with van der Waals surface area (Å²) >= 11 is 0. The molecule has 0 radical (unpaired) electrons. The number of phenols is 1. The lowest BCUT2D eigenvalue weighted by atomic mass is 10.2. The molecule has 5 heteroatoms. The maximum atomic E-state index is 10.4. The fourth-order valence-corrected chi connectivity index (χ4v) is 1.39. The Balaban J connectivity index is 2.54. The minimum atomic E-state index is -1.02. The molecule has 1 atom stereocenters. The molecule has 0 aliphatic heterocycles. The Morgan fingerprint density at radius 1 is 1.38 bits per heavy atom. The van der Waals surface area contributed by atoms with Gasteiger partial charge >= 0.3 is 5.97 Å². The van der Waals surface area contributed by atoms with Gasteiger partial charge in [-0.2, -0.15) is 0 Å². The zero-order chi connectivity index (χ0) is 12.1. The molecular formula is C11H15NO4. The van der Waals surface area contributed by atoms with Crippen LogP contribution in [0.3, 0.4) is 0 Å². The largest absolute Gasteiger partial charge is 0.508 e. The molecule has 16 heavy (non-hydrogen) atoms. The van der Waals surface area contributed by atoms with Crippen LogP contribution in [0.1, 0.15) is 6.42 Å². The molecule has 0 amide bonds. The highest BCUT2D eigenvalue weighted by atomic mass is 16.4. The first kappa shape index (κ1) is 12.3. The smallest absolute Gasteiger partial charge is 0.306 e. The van der Waals surface area contributed by atoms with Crippen LogP contribution in [-0.2, 0) is 4.79 Å². The molecule has 0 fully saturated rings. The number of carboxylic acid groups (broad SMARTS) is 1. The number of carbonyl (C=O) groups is 1. The van der Waals surface area contributed by atoms with Crippen LogP contribution in [0.5, 0.6) is 5.75 Å². The number of aliphatic carboxylic acids is 1. The monoisotopic (exact) mass is 225 g/mol. The Morgan fingerprint density at radius 3 is 2.44 bits per heavy atom. The molecule has 5 nitrogen and oxygen atoms in total. The number of phenolic OH excluding ortho intramolecular Hbond substituents is 1. The normalized spacial score (nSPS) is 12.1. The minimum absolute atomic E-state index is 0.170. The molecule has 0 bridgehead atoms. The van der Waals surface area contributed by atoms with Gasteiger partial charge in [0.15, 0.2) is 0 Å². The van der Waals surface area contributed by atoms with Gasteiger partial charge in [0, 0.05) is 19.3 Å². The van der Waals surface area contributed by atoms with Crippen LogP contribution in [0.25, 0.3) is 0 Å². The zero-order valence-corrected chi connectivity index (χ0v) is 9.00. The van der Waals surface area contributed by atoms with E-state index in [1.54, 1.807) is 24.1 Å². The Kier molecular flexibility index (Phi) is 4.13. The SMILES string of the molecule is CN(CC(O)CC(=O)O)c1ccc(O)cc1. The molecule has 0 saturated heterocycles. The van der Waals surface area contributed by atoms with Crippen molar-refractivity contribution in [1.82, 2.24) is 0 Å². The number of hydrogen-bond donors (Lipinski definition) is 3. The first-order valence-electron chi connectivity index (χ1n) is 4.89. The molecule has 1 rings (SSSR count). The fraction of sp³-hybridized carbons (Fsp3) is 0.364. The third-order valence-electron chi connectivity index (χ3n) is 2.19. The summed E-state index contributed by atoms with van der Waals surface area (Å²) in [6.07, 6.45) is -1.18. The fourth-order valence-electron chi connectivity index (χ4n) is 1.39. The maximum Gasteiger partial charge on any atom is 0.306 e. The van der Waals surface area contributed by atoms with Crippen molar-refractivity contribution in [3.63, 3.8) is 0 Å². The summed E-state index contributed by atoms with van der Waals surface area (Å²) in [5.41, 5.74) is 0.808. The third-order valence-corrected chi connectivity index (χ3v) is 2.19. The Bertz CT molecular complexity index is 350. The van der Waals surface area contributed by atoms with Gasteiger partial charge < -0.3 is 20.2 Å². The zero-order valence-electron chi connectivity index (χ0n) is 9.00. The van der Waals surface area contributed by atoms with E-state index < -0.39 is 12.1 Å². The van der Waals surface area contributed by atoms with Crippen LogP contribution in [-0.4, -0.2) is 41.0 Å². The van der Waals surface area contributed by atoms with E-state index in [9.17, 15) is 9.90 Å². The van der Waals surface area contributed by atoms with Crippen molar-refractivity contribution < 1.29 is 20.1 Å². The predicted octanol–water partition coefficient (Wildman–Crippen LogP) is 0.664. The average Bonchev–Trinajstić information content (AvgIpc) is 2.16. The van der Waals surface area contributed by atoms with Crippen molar-refractivity contribution in [3.8, 4) is 5.75 Å². The minimum Gasteiger partial charge on any atom is -0.508 e. The van der Waals surface area contributed by atoms with Gasteiger partial charge in [0.2, 0.25) is 0 Å². The number of hydrogen-bond acceptors (Lipinski definition) is 4. The number of carboxylic acids is 1. The van der Waals surface area contributed by atoms with Crippen LogP contribution < -0.4 is 4.90 Å². The van der Waals surface area contributed by atoms with Crippen molar-refractivity contribution in [2.75, 3.05) is 18.5 Å². The number of rotatable bonds is 5. The number of aliphatic hydroxyl groups excluding tert-OH is 1. The van der Waals surface area contributed by atoms with E-state index in [1.807, 2.05) is 0 Å². The molecule has 0 spiro atoms. The molecule has 0 aliphatic carbocycles. The van der Waals surface area contributed by atoms with Gasteiger partial charge in [-0.3, -0.25) is 4.79 Å². The highest BCUT2D eigenvalue weighted by Gasteiger charge is 2.12. The molecule has 1 unspecified atom stereocenters. The van der Waals surface area contributed by atoms with Crippen LogP contribution in [0.2, 0.25) is 0 Å². The van der Waals surface area contributed by atoms with E-state index in [0.29, 0.717) is 0 Å². The standard InChI is InChI=1S/C11H15NO4/c1-12(7-10(14)6-11(15)16)8-2-4-9(13)5-3-8/h2-5,10,13-14H,6-7H2,1H3,(H,15,16). The summed E-state index contributed by atoms with van der Waals surface area (Å²) in [4.78, 5) is 12.1. The van der Waals surface area contributed by atoms with E-state index in [4.69, 9.17) is 10.2 Å². The van der Waals surface area contributed by atoms with Gasteiger partial charge in [0.1, 0.15) is 5.75 Å². The third kappa shape index (κ3) is 3.78. The van der Waals surface area contributed by atoms with Crippen molar-refractivity contribution >= 4 is 11.7 Å². The molecule has 0 aliphatic rings. The summed E-state index contributed by atoms with van der Waals surface area (Å²) in [5.74, 6) is -0.852. The predicted molar refractivity (Wildman–Crippen MR) is 59.6 cm³/mol. The van der Waals surface area contributed by atoms with Gasteiger partial charge in [0.25, 0.3) is 0 Å². The van der Waals surface area contributed by atoms with Crippen molar-refractivity contribution in [2.45, 2.75) is 12.5 Å². The summed E-state index contributed by atoms with van der Waals surface area (Å²) in [6.45, 7) is 0.233. The van der Waals surface area contributed by atoms with E-state index in [1.165, 1.54) is 12.1 Å². The molecule has 0 heterocycles. The molecular weight excluding hydrogens is 210 g/mol. The van der Waals surface area contributed by atoms with E-state index >= 15 is 0 Å². The second kappa shape index (κ2) is 5.37. The van der Waals surface area contributed by atoms with Crippen LogP contribution >= 0.6 is 0 Å². The molecule has 0 aromatic heterocycles. The lowest BCUT2D eigenvalue weighted by Gasteiger charge is -2.21. The number of anilines is 1. The van der Waals surface area contributed by atoms with Crippen molar-refractivity contribution in [2.24, 2.45) is 0 Å². The first-order chi connectivity index (χ1) is 7.49. The molecule has 1 aromatic rings. The highest BCUT2D eigenvalue weighted by molar-refractivity contribution is 5.67. The Labute approximate surface area is 93.6 Å². The van der Waals surface area contributed by atoms with Crippen molar-refractivity contribution in [3.05, 3.63) is 24.3 Å². The van der Waals surface area contributed by atoms with Crippen molar-refractivity contribution in [1.29, 1.82) is 0 Å². The first-order valence-corrected chi connectivity index (χ1v) is 4.89. The average molecular weight is 225 g/mol. The molecule has 3 N–H and O–H groups in total. The van der Waals surface area contributed by atoms with Crippen LogP contribution in [0.4, 0.5) is 5.69 Å². The van der Waals surface area contributed by atoms with E-state index in [2.05, 4.69) is 0 Å². The van der Waals surface area contributed by atoms with E-state index in [-0.39, 0.29) is 18.7 Å². The lowest BCUT2D eigenvalue weighted by molar-refractivity contribution is -0.139. The topological polar surface area (TPSA) is 81.0 Å². The quantitative estimate of drug-likeness (QED) is 0.686. The number of nitrogens with zero attached hydrogens (tertiary/aromatic N) is 1. The van der Waals surface area contributed by atoms with Crippen LogP contribution in [0.15, 0.2) is 24.3 Å². The van der Waals surface area contributed by atoms with Gasteiger partial charge in [-0.1, -0.05) is 0 Å². The number of benzene rings is 1. The lowest BCUT2D eigenvalue weighted by Crippen LogP contribution is -2.30. The van der Waals surface area contributed by atoms with Gasteiger partial charge in [-0.25, -0.2) is 0 Å². The number of likely N-dealkylation sites (N-methyl/N-ethyl adjacent to an activating group) is 1. The Morgan fingerprint density at radius 2 is 1.94 bits per heavy atom.